The molecule has 2 bridgehead atoms. The zero-order chi connectivity index (χ0) is 15.7. The van der Waals surface area contributed by atoms with Gasteiger partial charge in [-0.05, 0) is 37.8 Å². The van der Waals surface area contributed by atoms with Gasteiger partial charge in [0.1, 0.15) is 0 Å². The first-order valence-corrected chi connectivity index (χ1v) is 7.88. The lowest BCUT2D eigenvalue weighted by Crippen LogP contribution is -2.48. The number of nitrogens with one attached hydrogen (secondary N) is 1. The number of ether oxygens (including phenoxy) is 2. The van der Waals surface area contributed by atoms with Crippen molar-refractivity contribution >= 4 is 18.3 Å². The molecule has 0 radical (unpaired) electrons. The number of para-hydroxylation sites is 1. The predicted octanol–water partition coefficient (Wildman–Crippen LogP) is 2.48. The minimum absolute atomic E-state index is 0. The SMILES string of the molecule is COc1cccc(C(=O)N(C)C2CC3CCC(C2)N3)c1OC.Cl. The molecule has 2 unspecified atom stereocenters. The van der Waals surface area contributed by atoms with Gasteiger partial charge in [0.25, 0.3) is 5.91 Å². The summed E-state index contributed by atoms with van der Waals surface area (Å²) in [6, 6.07) is 6.85. The number of methoxy groups -OCH3 is 2. The third-order valence-corrected chi connectivity index (χ3v) is 4.95. The highest BCUT2D eigenvalue weighted by atomic mass is 35.5. The average molecular weight is 341 g/mol. The molecule has 128 valence electrons. The Bertz CT molecular complexity index is 555. The molecule has 5 nitrogen and oxygen atoms in total. The Balaban J connectivity index is 0.00000192. The number of fused-ring (bicyclic) bond motifs is 2. The Morgan fingerprint density at radius 1 is 1.17 bits per heavy atom. The number of nitrogens with zero attached hydrogens (tertiary/aromatic N) is 1. The Morgan fingerprint density at radius 3 is 2.39 bits per heavy atom. The number of carbonyl (C=O) groups excluding carboxylic acids is 1. The van der Waals surface area contributed by atoms with Crippen molar-refractivity contribution in [2.75, 3.05) is 21.3 Å². The molecule has 3 rings (SSSR count). The molecule has 1 N–H and O–H groups in total. The highest BCUT2D eigenvalue weighted by Gasteiger charge is 2.37. The molecule has 0 saturated carbocycles. The Kier molecular flexibility index (Phi) is 5.76. The van der Waals surface area contributed by atoms with E-state index in [0.717, 1.165) is 12.8 Å². The molecule has 2 aliphatic heterocycles. The topological polar surface area (TPSA) is 50.8 Å². The van der Waals surface area contributed by atoms with E-state index in [0.29, 0.717) is 35.2 Å². The second-order valence-electron chi connectivity index (χ2n) is 6.22. The zero-order valence-corrected chi connectivity index (χ0v) is 14.7. The van der Waals surface area contributed by atoms with Crippen LogP contribution in [-0.4, -0.2) is 50.2 Å². The van der Waals surface area contributed by atoms with Crippen molar-refractivity contribution in [3.05, 3.63) is 23.8 Å². The van der Waals surface area contributed by atoms with Crippen molar-refractivity contribution in [1.29, 1.82) is 0 Å². The van der Waals surface area contributed by atoms with Crippen molar-refractivity contribution in [3.8, 4) is 11.5 Å². The minimum Gasteiger partial charge on any atom is -0.493 e. The molecule has 2 atom stereocenters. The summed E-state index contributed by atoms with van der Waals surface area (Å²) in [5, 5.41) is 3.61. The van der Waals surface area contributed by atoms with E-state index in [9.17, 15) is 4.79 Å². The third kappa shape index (κ3) is 3.40. The summed E-state index contributed by atoms with van der Waals surface area (Å²) in [4.78, 5) is 14.8. The van der Waals surface area contributed by atoms with Crippen molar-refractivity contribution < 1.29 is 14.3 Å². The number of halogens is 1. The summed E-state index contributed by atoms with van der Waals surface area (Å²) >= 11 is 0. The van der Waals surface area contributed by atoms with Crippen LogP contribution in [0.25, 0.3) is 0 Å². The van der Waals surface area contributed by atoms with Crippen LogP contribution in [0.4, 0.5) is 0 Å². The molecular formula is C17H25ClN2O3. The molecule has 1 aromatic carbocycles. The van der Waals surface area contributed by atoms with Crippen molar-refractivity contribution in [1.82, 2.24) is 10.2 Å². The maximum absolute atomic E-state index is 12.9. The highest BCUT2D eigenvalue weighted by Crippen LogP contribution is 2.34. The molecule has 2 fully saturated rings. The largest absolute Gasteiger partial charge is 0.493 e. The highest BCUT2D eigenvalue weighted by molar-refractivity contribution is 5.97. The first-order valence-electron chi connectivity index (χ1n) is 7.88. The van der Waals surface area contributed by atoms with Gasteiger partial charge in [-0.3, -0.25) is 4.79 Å². The number of piperidine rings is 1. The monoisotopic (exact) mass is 340 g/mol. The lowest BCUT2D eigenvalue weighted by Gasteiger charge is -2.35. The van der Waals surface area contributed by atoms with E-state index in [1.54, 1.807) is 26.4 Å². The summed E-state index contributed by atoms with van der Waals surface area (Å²) in [5.41, 5.74) is 0.565. The fourth-order valence-corrected chi connectivity index (χ4v) is 3.75. The number of hydrogen-bond acceptors (Lipinski definition) is 4. The normalized spacial score (nSPS) is 25.4. The molecule has 1 aromatic rings. The second kappa shape index (κ2) is 7.41. The zero-order valence-electron chi connectivity index (χ0n) is 13.9. The number of rotatable bonds is 4. The number of hydrogen-bond donors (Lipinski definition) is 1. The fourth-order valence-electron chi connectivity index (χ4n) is 3.75. The molecule has 2 aliphatic rings. The van der Waals surface area contributed by atoms with Crippen LogP contribution in [0.1, 0.15) is 36.0 Å². The summed E-state index contributed by atoms with van der Waals surface area (Å²) in [7, 11) is 5.05. The van der Waals surface area contributed by atoms with Gasteiger partial charge < -0.3 is 19.7 Å². The molecule has 2 saturated heterocycles. The van der Waals surface area contributed by atoms with Crippen molar-refractivity contribution in [2.24, 2.45) is 0 Å². The van der Waals surface area contributed by atoms with Crippen molar-refractivity contribution in [2.45, 2.75) is 43.8 Å². The maximum Gasteiger partial charge on any atom is 0.257 e. The van der Waals surface area contributed by atoms with Gasteiger partial charge in [-0.1, -0.05) is 6.07 Å². The van der Waals surface area contributed by atoms with Gasteiger partial charge in [0.15, 0.2) is 11.5 Å². The second-order valence-corrected chi connectivity index (χ2v) is 6.22. The molecule has 0 aliphatic carbocycles. The average Bonchev–Trinajstić information content (AvgIpc) is 2.90. The lowest BCUT2D eigenvalue weighted by atomic mass is 9.98. The van der Waals surface area contributed by atoms with Crippen LogP contribution in [0, 0.1) is 0 Å². The standard InChI is InChI=1S/C17H24N2O3.ClH/c1-19(13-9-11-7-8-12(10-13)18-11)17(20)14-5-4-6-15(21-2)16(14)22-3;/h4-6,11-13,18H,7-10H2,1-3H3;1H. The molecule has 0 aromatic heterocycles. The van der Waals surface area contributed by atoms with Gasteiger partial charge in [-0.2, -0.15) is 0 Å². The Labute approximate surface area is 143 Å². The van der Waals surface area contributed by atoms with Gasteiger partial charge >= 0.3 is 0 Å². The Morgan fingerprint density at radius 2 is 1.83 bits per heavy atom. The van der Waals surface area contributed by atoms with Gasteiger partial charge in [-0.25, -0.2) is 0 Å². The van der Waals surface area contributed by atoms with Gasteiger partial charge in [0.05, 0.1) is 19.8 Å². The fraction of sp³-hybridized carbons (Fsp3) is 0.588. The Hall–Kier alpha value is -1.46. The smallest absolute Gasteiger partial charge is 0.257 e. The number of benzene rings is 1. The quantitative estimate of drug-likeness (QED) is 0.915. The molecule has 1 amide bonds. The van der Waals surface area contributed by atoms with Crippen LogP contribution in [-0.2, 0) is 0 Å². The van der Waals surface area contributed by atoms with E-state index >= 15 is 0 Å². The summed E-state index contributed by atoms with van der Waals surface area (Å²) in [6.07, 6.45) is 4.52. The minimum atomic E-state index is 0. The van der Waals surface area contributed by atoms with Crippen LogP contribution in [0.15, 0.2) is 18.2 Å². The van der Waals surface area contributed by atoms with Gasteiger partial charge in [0, 0.05) is 25.2 Å². The van der Waals surface area contributed by atoms with E-state index in [4.69, 9.17) is 9.47 Å². The summed E-state index contributed by atoms with van der Waals surface area (Å²) < 4.78 is 10.7. The van der Waals surface area contributed by atoms with Crippen LogP contribution in [0.2, 0.25) is 0 Å². The third-order valence-electron chi connectivity index (χ3n) is 4.95. The van der Waals surface area contributed by atoms with Crippen LogP contribution < -0.4 is 14.8 Å². The molecule has 2 heterocycles. The maximum atomic E-state index is 12.9. The summed E-state index contributed by atoms with van der Waals surface area (Å²) in [6.45, 7) is 0. The van der Waals surface area contributed by atoms with Gasteiger partial charge in [-0.15, -0.1) is 12.4 Å². The summed E-state index contributed by atoms with van der Waals surface area (Å²) in [5.74, 6) is 1.10. The van der Waals surface area contributed by atoms with E-state index < -0.39 is 0 Å². The van der Waals surface area contributed by atoms with E-state index in [-0.39, 0.29) is 18.3 Å². The molecule has 23 heavy (non-hydrogen) atoms. The van der Waals surface area contributed by atoms with Gasteiger partial charge in [0.2, 0.25) is 0 Å². The predicted molar refractivity (Wildman–Crippen MR) is 91.9 cm³/mol. The van der Waals surface area contributed by atoms with Crippen LogP contribution in [0.3, 0.4) is 0 Å². The number of amides is 1. The molecule has 0 spiro atoms. The van der Waals surface area contributed by atoms with E-state index in [2.05, 4.69) is 5.32 Å². The lowest BCUT2D eigenvalue weighted by molar-refractivity contribution is 0.0677. The molecular weight excluding hydrogens is 316 g/mol. The first-order chi connectivity index (χ1) is 10.6. The van der Waals surface area contributed by atoms with Crippen LogP contribution >= 0.6 is 12.4 Å². The van der Waals surface area contributed by atoms with E-state index in [1.165, 1.54) is 12.8 Å². The van der Waals surface area contributed by atoms with Crippen molar-refractivity contribution in [3.63, 3.8) is 0 Å². The number of carbonyl (C=O) groups is 1. The molecule has 6 heteroatoms. The first kappa shape index (κ1) is 17.9. The van der Waals surface area contributed by atoms with Crippen LogP contribution in [0.5, 0.6) is 11.5 Å². The van der Waals surface area contributed by atoms with E-state index in [1.807, 2.05) is 18.0 Å².